The van der Waals surface area contributed by atoms with Gasteiger partial charge in [-0.2, -0.15) is 10.5 Å². The van der Waals surface area contributed by atoms with Crippen LogP contribution in [-0.2, 0) is 7.05 Å². The van der Waals surface area contributed by atoms with E-state index in [1.165, 1.54) is 35.1 Å². The third-order valence-electron chi connectivity index (χ3n) is 6.40. The van der Waals surface area contributed by atoms with Crippen LogP contribution in [0.1, 0.15) is 54.7 Å². The van der Waals surface area contributed by atoms with Crippen LogP contribution in [0.15, 0.2) is 79.1 Å². The van der Waals surface area contributed by atoms with Crippen molar-refractivity contribution in [2.24, 2.45) is 7.05 Å². The number of fused-ring (bicyclic) bond motifs is 1. The first-order valence-corrected chi connectivity index (χ1v) is 12.4. The Morgan fingerprint density at radius 2 is 1.74 bits per heavy atom. The Labute approximate surface area is 226 Å². The molecule has 0 bridgehead atoms. The van der Waals surface area contributed by atoms with Gasteiger partial charge >= 0.3 is 0 Å². The highest BCUT2D eigenvalue weighted by atomic mass is 19.1. The first-order valence-electron chi connectivity index (χ1n) is 12.9. The Morgan fingerprint density at radius 3 is 2.38 bits per heavy atom. The summed E-state index contributed by atoms with van der Waals surface area (Å²) in [5.41, 5.74) is 3.73. The second kappa shape index (κ2) is 11.0. The maximum atomic E-state index is 13.8. The molecule has 0 spiro atoms. The summed E-state index contributed by atoms with van der Waals surface area (Å²) in [6, 6.07) is 21.4. The second-order valence-electron chi connectivity index (χ2n) is 8.99. The predicted molar refractivity (Wildman–Crippen MR) is 147 cm³/mol. The van der Waals surface area contributed by atoms with Gasteiger partial charge in [-0.05, 0) is 41.8 Å². The summed E-state index contributed by atoms with van der Waals surface area (Å²) >= 11 is 0. The Kier molecular flexibility index (Phi) is 6.79. The lowest BCUT2D eigenvalue weighted by molar-refractivity contribution is 0.626. The van der Waals surface area contributed by atoms with E-state index in [9.17, 15) is 16.3 Å². The molecule has 9 heteroatoms. The molecule has 0 fully saturated rings. The quantitative estimate of drug-likeness (QED) is 0.259. The molecule has 8 nitrogen and oxygen atoms in total. The molecule has 192 valence electrons. The van der Waals surface area contributed by atoms with Crippen molar-refractivity contribution in [1.82, 2.24) is 20.0 Å². The maximum absolute atomic E-state index is 13.8. The molecule has 2 aromatic heterocycles. The summed E-state index contributed by atoms with van der Waals surface area (Å²) in [6.45, 7) is 2.05. The number of pyridine rings is 1. The maximum Gasteiger partial charge on any atom is 0.123 e. The number of benzene rings is 3. The van der Waals surface area contributed by atoms with Gasteiger partial charge in [-0.25, -0.2) is 4.39 Å². The summed E-state index contributed by atoms with van der Waals surface area (Å²) in [5.74, 6) is -0.433. The van der Waals surface area contributed by atoms with Gasteiger partial charge in [-0.3, -0.25) is 9.67 Å². The summed E-state index contributed by atoms with van der Waals surface area (Å²) in [5, 5.41) is 35.4. The molecule has 0 aliphatic carbocycles. The van der Waals surface area contributed by atoms with Gasteiger partial charge in [0.1, 0.15) is 23.6 Å². The van der Waals surface area contributed by atoms with Crippen molar-refractivity contribution in [3.8, 4) is 12.1 Å². The van der Waals surface area contributed by atoms with Crippen molar-refractivity contribution in [3.63, 3.8) is 0 Å². The zero-order chi connectivity index (χ0) is 28.3. The van der Waals surface area contributed by atoms with E-state index in [-0.39, 0.29) is 17.3 Å². The number of hydrogen-bond donors (Lipinski definition) is 2. The zero-order valence-corrected chi connectivity index (χ0v) is 21.4. The van der Waals surface area contributed by atoms with Crippen LogP contribution in [0.25, 0.3) is 10.9 Å². The molecular formula is C30H25FN8. The van der Waals surface area contributed by atoms with Gasteiger partial charge < -0.3 is 10.6 Å². The number of rotatable bonds is 8. The number of aromatic nitrogens is 4. The average Bonchev–Trinajstić information content (AvgIpc) is 3.43. The molecular weight excluding hydrogens is 491 g/mol. The van der Waals surface area contributed by atoms with Crippen molar-refractivity contribution >= 4 is 22.3 Å². The van der Waals surface area contributed by atoms with E-state index in [1.54, 1.807) is 25.4 Å². The van der Waals surface area contributed by atoms with E-state index < -0.39 is 11.8 Å². The summed E-state index contributed by atoms with van der Waals surface area (Å²) in [6.07, 6.45) is 3.81. The summed E-state index contributed by atoms with van der Waals surface area (Å²) in [7, 11) is 1.69. The van der Waals surface area contributed by atoms with Crippen molar-refractivity contribution in [3.05, 3.63) is 113 Å². The van der Waals surface area contributed by atoms with Crippen molar-refractivity contribution in [2.75, 3.05) is 10.6 Å². The van der Waals surface area contributed by atoms with Crippen LogP contribution in [0.3, 0.4) is 0 Å². The average molecular weight is 518 g/mol. The summed E-state index contributed by atoms with van der Waals surface area (Å²) in [4.78, 5) is 4.43. The smallest absolute Gasteiger partial charge is 0.123 e. The van der Waals surface area contributed by atoms with E-state index >= 15 is 0 Å². The molecule has 0 aliphatic rings. The van der Waals surface area contributed by atoms with Gasteiger partial charge in [0.25, 0.3) is 0 Å². The molecule has 0 saturated heterocycles. The third kappa shape index (κ3) is 5.25. The van der Waals surface area contributed by atoms with Gasteiger partial charge in [0.2, 0.25) is 0 Å². The number of hydrogen-bond acceptors (Lipinski definition) is 7. The number of nitrogens with zero attached hydrogens (tertiary/aromatic N) is 6. The number of anilines is 2. The zero-order valence-electron chi connectivity index (χ0n) is 22.4. The Balaban J connectivity index is 1.67. The molecule has 2 N–H and O–H groups in total. The number of halogens is 1. The highest BCUT2D eigenvalue weighted by Crippen LogP contribution is 2.35. The van der Waals surface area contributed by atoms with Gasteiger partial charge in [0, 0.05) is 24.3 Å². The number of nitriles is 2. The van der Waals surface area contributed by atoms with Crippen LogP contribution in [0, 0.1) is 28.5 Å². The highest BCUT2D eigenvalue weighted by Gasteiger charge is 2.21. The molecule has 39 heavy (non-hydrogen) atoms. The molecule has 0 saturated carbocycles. The standard InChI is InChI=1S/C30H25FN8/c1-3-26(19-7-5-4-6-8-19)36-29-22(16-33)17-34-28-21(15-32)13-24(14-25(28)29)35-30(27-18-39(2)38-37-27)20-9-11-23(31)12-10-20/h4-14,17-18,26,30,35H,3H2,1-2H3,(H,34,36)/t26-,30+/m1/s1/i30D. The van der Waals surface area contributed by atoms with Gasteiger partial charge in [0.05, 0.1) is 42.0 Å². The third-order valence-corrected chi connectivity index (χ3v) is 6.40. The first kappa shape index (κ1) is 24.1. The van der Waals surface area contributed by atoms with Gasteiger partial charge in [-0.15, -0.1) is 5.10 Å². The largest absolute Gasteiger partial charge is 0.377 e. The molecule has 5 rings (SSSR count). The highest BCUT2D eigenvalue weighted by molar-refractivity contribution is 5.99. The molecule has 0 aliphatic heterocycles. The molecule has 0 unspecified atom stereocenters. The van der Waals surface area contributed by atoms with Crippen molar-refractivity contribution in [1.29, 1.82) is 10.5 Å². The van der Waals surface area contributed by atoms with Crippen LogP contribution in [-0.4, -0.2) is 20.0 Å². The topological polar surface area (TPSA) is 115 Å². The molecule has 5 aromatic rings. The van der Waals surface area contributed by atoms with Crippen LogP contribution >= 0.6 is 0 Å². The number of aryl methyl sites for hydroxylation is 1. The minimum absolute atomic E-state index is 0.102. The molecule has 2 heterocycles. The van der Waals surface area contributed by atoms with E-state index in [0.717, 1.165) is 12.0 Å². The first-order chi connectivity index (χ1) is 19.4. The van der Waals surface area contributed by atoms with Crippen molar-refractivity contribution in [2.45, 2.75) is 25.4 Å². The van der Waals surface area contributed by atoms with Crippen molar-refractivity contribution < 1.29 is 5.76 Å². The van der Waals surface area contributed by atoms with E-state index in [2.05, 4.69) is 38.1 Å². The minimum Gasteiger partial charge on any atom is -0.377 e. The van der Waals surface area contributed by atoms with Crippen LogP contribution in [0.5, 0.6) is 0 Å². The summed E-state index contributed by atoms with van der Waals surface area (Å²) < 4.78 is 24.7. The molecule has 0 radical (unpaired) electrons. The van der Waals surface area contributed by atoms with Crippen LogP contribution in [0.4, 0.5) is 15.8 Å². The van der Waals surface area contributed by atoms with E-state index in [0.29, 0.717) is 33.4 Å². The Hall–Kier alpha value is -5.28. The SMILES string of the molecule is [2H][C@](Nc1cc(C#N)c2ncc(C#N)c(N[C@H](CC)c3ccccc3)c2c1)(c1ccc(F)cc1)c1cn(C)nn1. The van der Waals surface area contributed by atoms with Crippen LogP contribution < -0.4 is 10.6 Å². The molecule has 3 aromatic carbocycles. The molecule has 0 amide bonds. The minimum atomic E-state index is -1.67. The lowest BCUT2D eigenvalue weighted by Gasteiger charge is -2.22. The van der Waals surface area contributed by atoms with Crippen LogP contribution in [0.2, 0.25) is 0 Å². The Bertz CT molecular complexity index is 1760. The fourth-order valence-electron chi connectivity index (χ4n) is 4.49. The second-order valence-corrected chi connectivity index (χ2v) is 8.99. The lowest BCUT2D eigenvalue weighted by Crippen LogP contribution is -2.14. The van der Waals surface area contributed by atoms with Gasteiger partial charge in [0.15, 0.2) is 0 Å². The number of nitrogens with one attached hydrogen (secondary N) is 2. The predicted octanol–water partition coefficient (Wildman–Crippen LogP) is 6.01. The van der Waals surface area contributed by atoms with E-state index in [1.807, 2.05) is 37.3 Å². The molecule has 2 atom stereocenters. The fourth-order valence-corrected chi connectivity index (χ4v) is 4.49. The lowest BCUT2D eigenvalue weighted by atomic mass is 10.00. The fraction of sp³-hybridized carbons (Fsp3) is 0.167. The van der Waals surface area contributed by atoms with Gasteiger partial charge in [-0.1, -0.05) is 54.6 Å². The van der Waals surface area contributed by atoms with E-state index in [4.69, 9.17) is 0 Å². The Morgan fingerprint density at radius 1 is 1.00 bits per heavy atom. The normalized spacial score (nSPS) is 13.5. The monoisotopic (exact) mass is 517 g/mol.